The second-order valence-corrected chi connectivity index (χ2v) is 4.90. The van der Waals surface area contributed by atoms with Gasteiger partial charge in [-0.2, -0.15) is 0 Å². The van der Waals surface area contributed by atoms with Crippen LogP contribution in [0.2, 0.25) is 0 Å². The van der Waals surface area contributed by atoms with Gasteiger partial charge in [0.05, 0.1) is 31.0 Å². The van der Waals surface area contributed by atoms with Gasteiger partial charge >= 0.3 is 0 Å². The van der Waals surface area contributed by atoms with Crippen LogP contribution in [0.1, 0.15) is 30.6 Å². The fourth-order valence-corrected chi connectivity index (χ4v) is 1.93. The second kappa shape index (κ2) is 6.99. The molecule has 106 valence electrons. The highest BCUT2D eigenvalue weighted by molar-refractivity contribution is 6.00. The van der Waals surface area contributed by atoms with Crippen LogP contribution in [0.4, 0.5) is 5.69 Å². The lowest BCUT2D eigenvalue weighted by atomic mass is 10.0. The fourth-order valence-electron chi connectivity index (χ4n) is 1.93. The zero-order valence-corrected chi connectivity index (χ0v) is 11.6. The average molecular weight is 266 g/mol. The van der Waals surface area contributed by atoms with Crippen molar-refractivity contribution in [2.45, 2.75) is 26.3 Å². The van der Waals surface area contributed by atoms with Crippen LogP contribution in [0.25, 0.3) is 0 Å². The summed E-state index contributed by atoms with van der Waals surface area (Å²) >= 11 is 0. The van der Waals surface area contributed by atoms with Gasteiger partial charge in [-0.3, -0.25) is 4.79 Å². The van der Waals surface area contributed by atoms with E-state index in [1.807, 2.05) is 13.8 Å². The number of rotatable bonds is 6. The molecular weight excluding hydrogens is 244 g/mol. The maximum atomic E-state index is 12.1. The summed E-state index contributed by atoms with van der Waals surface area (Å²) in [4.78, 5) is 12.1. The van der Waals surface area contributed by atoms with Gasteiger partial charge in [-0.1, -0.05) is 19.9 Å². The van der Waals surface area contributed by atoms with E-state index in [-0.39, 0.29) is 18.6 Å². The average Bonchev–Trinajstić information content (AvgIpc) is 2.37. The lowest BCUT2D eigenvalue weighted by Crippen LogP contribution is -2.38. The van der Waals surface area contributed by atoms with Gasteiger partial charge in [-0.05, 0) is 24.5 Å². The topological polar surface area (TPSA) is 84.6 Å². The van der Waals surface area contributed by atoms with Crippen molar-refractivity contribution in [2.24, 2.45) is 5.92 Å². The summed E-state index contributed by atoms with van der Waals surface area (Å²) in [6, 6.07) is 4.78. The van der Waals surface area contributed by atoms with Gasteiger partial charge in [0.25, 0.3) is 5.91 Å². The molecule has 19 heavy (non-hydrogen) atoms. The third-order valence-electron chi connectivity index (χ3n) is 2.84. The Bertz CT molecular complexity index is 433. The summed E-state index contributed by atoms with van der Waals surface area (Å²) in [5, 5.41) is 12.1. The van der Waals surface area contributed by atoms with Crippen molar-refractivity contribution in [2.75, 3.05) is 19.5 Å². The highest BCUT2D eigenvalue weighted by Crippen LogP contribution is 2.24. The maximum absolute atomic E-state index is 12.1. The highest BCUT2D eigenvalue weighted by Gasteiger charge is 2.17. The minimum absolute atomic E-state index is 0.0895. The first-order valence-electron chi connectivity index (χ1n) is 6.33. The van der Waals surface area contributed by atoms with E-state index in [1.54, 1.807) is 18.2 Å². The quantitative estimate of drug-likeness (QED) is 0.680. The molecule has 5 heteroatoms. The van der Waals surface area contributed by atoms with Gasteiger partial charge < -0.3 is 20.9 Å². The molecule has 0 saturated carbocycles. The smallest absolute Gasteiger partial charge is 0.253 e. The van der Waals surface area contributed by atoms with E-state index in [4.69, 9.17) is 10.5 Å². The van der Waals surface area contributed by atoms with E-state index in [0.29, 0.717) is 29.3 Å². The number of amides is 1. The number of nitrogens with two attached hydrogens (primary N) is 1. The van der Waals surface area contributed by atoms with Gasteiger partial charge in [0.15, 0.2) is 0 Å². The number of hydrogen-bond acceptors (Lipinski definition) is 4. The third kappa shape index (κ3) is 4.13. The summed E-state index contributed by atoms with van der Waals surface area (Å²) in [6.45, 7) is 3.98. The molecule has 0 aliphatic rings. The summed E-state index contributed by atoms with van der Waals surface area (Å²) in [6.07, 6.45) is 0.714. The van der Waals surface area contributed by atoms with Gasteiger partial charge in [0.2, 0.25) is 0 Å². The molecule has 4 N–H and O–H groups in total. The molecule has 0 aliphatic carbocycles. The molecule has 5 nitrogen and oxygen atoms in total. The number of aliphatic hydroxyl groups is 1. The van der Waals surface area contributed by atoms with Gasteiger partial charge in [-0.25, -0.2) is 0 Å². The third-order valence-corrected chi connectivity index (χ3v) is 2.84. The van der Waals surface area contributed by atoms with Crippen molar-refractivity contribution < 1.29 is 14.6 Å². The Morgan fingerprint density at radius 1 is 1.47 bits per heavy atom. The SMILES string of the molecule is COc1cccc(C(=O)NC(CO)CC(C)C)c1N. The Morgan fingerprint density at radius 2 is 2.16 bits per heavy atom. The van der Waals surface area contributed by atoms with Crippen molar-refractivity contribution >= 4 is 11.6 Å². The van der Waals surface area contributed by atoms with Gasteiger partial charge in [0.1, 0.15) is 5.75 Å². The number of para-hydroxylation sites is 1. The number of nitrogens with one attached hydrogen (secondary N) is 1. The molecule has 0 bridgehead atoms. The van der Waals surface area contributed by atoms with E-state index in [9.17, 15) is 9.90 Å². The first kappa shape index (κ1) is 15.3. The number of nitrogen functional groups attached to an aromatic ring is 1. The summed E-state index contributed by atoms with van der Waals surface area (Å²) in [7, 11) is 1.50. The number of aliphatic hydroxyl groups excluding tert-OH is 1. The number of hydrogen-bond donors (Lipinski definition) is 3. The van der Waals surface area contributed by atoms with E-state index < -0.39 is 0 Å². The number of carbonyl (C=O) groups excluding carboxylic acids is 1. The molecule has 1 aromatic rings. The Kier molecular flexibility index (Phi) is 5.63. The minimum atomic E-state index is -0.295. The molecule has 0 fully saturated rings. The zero-order chi connectivity index (χ0) is 14.4. The van der Waals surface area contributed by atoms with E-state index >= 15 is 0 Å². The molecule has 1 aromatic carbocycles. The van der Waals surface area contributed by atoms with Crippen LogP contribution in [0.3, 0.4) is 0 Å². The van der Waals surface area contributed by atoms with Crippen LogP contribution in [0.5, 0.6) is 5.75 Å². The highest BCUT2D eigenvalue weighted by atomic mass is 16.5. The van der Waals surface area contributed by atoms with E-state index in [2.05, 4.69) is 5.32 Å². The molecule has 1 amide bonds. The Balaban J connectivity index is 2.83. The summed E-state index contributed by atoms with van der Waals surface area (Å²) in [5.74, 6) is 0.563. The Morgan fingerprint density at radius 3 is 2.68 bits per heavy atom. The molecule has 1 rings (SSSR count). The number of methoxy groups -OCH3 is 1. The van der Waals surface area contributed by atoms with Crippen molar-refractivity contribution in [3.63, 3.8) is 0 Å². The van der Waals surface area contributed by atoms with Crippen molar-refractivity contribution in [1.82, 2.24) is 5.32 Å². The van der Waals surface area contributed by atoms with Crippen molar-refractivity contribution in [1.29, 1.82) is 0 Å². The van der Waals surface area contributed by atoms with Crippen LogP contribution in [0.15, 0.2) is 18.2 Å². The van der Waals surface area contributed by atoms with Crippen LogP contribution in [0, 0.1) is 5.92 Å². The van der Waals surface area contributed by atoms with Crippen LogP contribution in [-0.4, -0.2) is 30.8 Å². The Labute approximate surface area is 113 Å². The van der Waals surface area contributed by atoms with Crippen LogP contribution in [-0.2, 0) is 0 Å². The molecule has 0 spiro atoms. The zero-order valence-electron chi connectivity index (χ0n) is 11.6. The fraction of sp³-hybridized carbons (Fsp3) is 0.500. The number of anilines is 1. The second-order valence-electron chi connectivity index (χ2n) is 4.90. The summed E-state index contributed by atoms with van der Waals surface area (Å²) in [5.41, 5.74) is 6.54. The molecule has 0 saturated heterocycles. The van der Waals surface area contributed by atoms with E-state index in [0.717, 1.165) is 0 Å². The Hall–Kier alpha value is -1.75. The monoisotopic (exact) mass is 266 g/mol. The number of ether oxygens (including phenoxy) is 1. The predicted octanol–water partition coefficient (Wildman–Crippen LogP) is 1.41. The van der Waals surface area contributed by atoms with Gasteiger partial charge in [0, 0.05) is 0 Å². The first-order valence-corrected chi connectivity index (χ1v) is 6.33. The molecule has 0 heterocycles. The predicted molar refractivity (Wildman–Crippen MR) is 75.2 cm³/mol. The van der Waals surface area contributed by atoms with Crippen molar-refractivity contribution in [3.05, 3.63) is 23.8 Å². The molecule has 1 atom stereocenters. The molecular formula is C14H22N2O3. The maximum Gasteiger partial charge on any atom is 0.253 e. The summed E-state index contributed by atoms with van der Waals surface area (Å²) < 4.78 is 5.08. The molecule has 0 aliphatic heterocycles. The molecule has 0 radical (unpaired) electrons. The lowest BCUT2D eigenvalue weighted by molar-refractivity contribution is 0.0909. The first-order chi connectivity index (χ1) is 8.99. The molecule has 0 aromatic heterocycles. The normalized spacial score (nSPS) is 12.3. The van der Waals surface area contributed by atoms with Gasteiger partial charge in [-0.15, -0.1) is 0 Å². The largest absolute Gasteiger partial charge is 0.495 e. The van der Waals surface area contributed by atoms with Crippen LogP contribution >= 0.6 is 0 Å². The standard InChI is InChI=1S/C14H22N2O3/c1-9(2)7-10(8-17)16-14(18)11-5-4-6-12(19-3)13(11)15/h4-6,9-10,17H,7-8,15H2,1-3H3,(H,16,18). The minimum Gasteiger partial charge on any atom is -0.495 e. The number of benzene rings is 1. The van der Waals surface area contributed by atoms with Crippen molar-refractivity contribution in [3.8, 4) is 5.75 Å². The number of carbonyl (C=O) groups is 1. The van der Waals surface area contributed by atoms with E-state index in [1.165, 1.54) is 7.11 Å². The van der Waals surface area contributed by atoms with Crippen LogP contribution < -0.4 is 15.8 Å². The molecule has 1 unspecified atom stereocenters. The lowest BCUT2D eigenvalue weighted by Gasteiger charge is -2.19.